The van der Waals surface area contributed by atoms with Gasteiger partial charge >= 0.3 is 5.97 Å². The SMILES string of the molecule is CC(=O)OC1CC[C@]2(C)[C@@H]3CC(=O)\C(=C(C)/C=C\C=C(/C)[C@@H](O)CC=C(C)C)C3(C)CC[C@H]2[C@@]1(C)CO. The number of fused-ring (bicyclic) bond motifs is 3. The molecule has 2 unspecified atom stereocenters. The molecule has 0 amide bonds. The summed E-state index contributed by atoms with van der Waals surface area (Å²) in [6, 6.07) is 0. The first-order chi connectivity index (χ1) is 17.2. The molecule has 0 aliphatic heterocycles. The maximum atomic E-state index is 13.5. The molecule has 206 valence electrons. The summed E-state index contributed by atoms with van der Waals surface area (Å²) < 4.78 is 5.71. The van der Waals surface area contributed by atoms with Gasteiger partial charge in [-0.15, -0.1) is 0 Å². The Bertz CT molecular complexity index is 1030. The Balaban J connectivity index is 1.89. The summed E-state index contributed by atoms with van der Waals surface area (Å²) in [5, 5.41) is 20.9. The molecule has 3 aliphatic rings. The molecule has 0 spiro atoms. The molecule has 0 heterocycles. The molecular weight excluding hydrogens is 464 g/mol. The summed E-state index contributed by atoms with van der Waals surface area (Å²) in [5.74, 6) is 0.300. The standard InChI is InChI=1S/C32H48O5/c1-20(2)12-13-24(35)21(3)10-9-11-22(4)29-25(36)18-27-30(6)17-15-28(37-23(5)34)32(8,19-33)26(30)14-16-31(27,29)7/h9-12,24,26-28,33,35H,13-19H2,1-8H3/b11-9-,21-10+,29-22+/t24-,26+,27-,28?,30-,31?,32+/m0/s1. The van der Waals surface area contributed by atoms with E-state index < -0.39 is 11.5 Å². The molecule has 0 aromatic heterocycles. The highest BCUT2D eigenvalue weighted by atomic mass is 16.5. The number of aliphatic hydroxyl groups excluding tert-OH is 2. The van der Waals surface area contributed by atoms with E-state index in [0.29, 0.717) is 19.3 Å². The van der Waals surface area contributed by atoms with Crippen LogP contribution in [-0.2, 0) is 14.3 Å². The molecule has 0 aromatic rings. The largest absolute Gasteiger partial charge is 0.462 e. The quantitative estimate of drug-likeness (QED) is 0.182. The van der Waals surface area contributed by atoms with Crippen LogP contribution < -0.4 is 0 Å². The third-order valence-electron chi connectivity index (χ3n) is 10.1. The lowest BCUT2D eigenvalue weighted by atomic mass is 9.43. The van der Waals surface area contributed by atoms with Gasteiger partial charge in [-0.1, -0.05) is 50.6 Å². The zero-order valence-electron chi connectivity index (χ0n) is 24.2. The van der Waals surface area contributed by atoms with E-state index in [4.69, 9.17) is 4.74 Å². The minimum Gasteiger partial charge on any atom is -0.462 e. The highest BCUT2D eigenvalue weighted by Crippen LogP contribution is 2.69. The van der Waals surface area contributed by atoms with Gasteiger partial charge in [0.05, 0.1) is 12.7 Å². The van der Waals surface area contributed by atoms with Crippen LogP contribution in [0.2, 0.25) is 0 Å². The van der Waals surface area contributed by atoms with Crippen LogP contribution in [0.3, 0.4) is 0 Å². The summed E-state index contributed by atoms with van der Waals surface area (Å²) in [6.45, 7) is 16.0. The van der Waals surface area contributed by atoms with Crippen molar-refractivity contribution in [2.45, 2.75) is 106 Å². The molecule has 37 heavy (non-hydrogen) atoms. The van der Waals surface area contributed by atoms with Crippen molar-refractivity contribution in [3.63, 3.8) is 0 Å². The topological polar surface area (TPSA) is 83.8 Å². The molecule has 0 saturated heterocycles. The predicted molar refractivity (Wildman–Crippen MR) is 148 cm³/mol. The van der Waals surface area contributed by atoms with Crippen LogP contribution >= 0.6 is 0 Å². The van der Waals surface area contributed by atoms with Crippen LogP contribution in [0.25, 0.3) is 0 Å². The van der Waals surface area contributed by atoms with Crippen LogP contribution in [-0.4, -0.2) is 40.8 Å². The fraction of sp³-hybridized carbons (Fsp3) is 0.688. The number of Topliss-reactive ketones (excluding diaryl/α,β-unsaturated/α-hetero) is 1. The summed E-state index contributed by atoms with van der Waals surface area (Å²) >= 11 is 0. The summed E-state index contributed by atoms with van der Waals surface area (Å²) in [6.07, 6.45) is 11.6. The Morgan fingerprint density at radius 3 is 2.35 bits per heavy atom. The maximum Gasteiger partial charge on any atom is 0.302 e. The van der Waals surface area contributed by atoms with Gasteiger partial charge in [-0.25, -0.2) is 0 Å². The van der Waals surface area contributed by atoms with Crippen molar-refractivity contribution in [1.29, 1.82) is 0 Å². The van der Waals surface area contributed by atoms with Gasteiger partial charge in [0.25, 0.3) is 0 Å². The lowest BCUT2D eigenvalue weighted by Gasteiger charge is -2.62. The first kappa shape index (κ1) is 29.6. The number of ketones is 1. The lowest BCUT2D eigenvalue weighted by Crippen LogP contribution is -2.60. The molecular formula is C32H48O5. The van der Waals surface area contributed by atoms with Crippen LogP contribution in [0.15, 0.2) is 46.6 Å². The normalized spacial score (nSPS) is 38.2. The number of ether oxygens (including phenoxy) is 1. The molecule has 3 aliphatic carbocycles. The summed E-state index contributed by atoms with van der Waals surface area (Å²) in [5.41, 5.74) is 3.18. The fourth-order valence-electron chi connectivity index (χ4n) is 8.06. The Kier molecular flexibility index (Phi) is 8.81. The van der Waals surface area contributed by atoms with Gasteiger partial charge in [-0.3, -0.25) is 9.59 Å². The van der Waals surface area contributed by atoms with E-state index in [9.17, 15) is 19.8 Å². The van der Waals surface area contributed by atoms with E-state index in [1.54, 1.807) is 0 Å². The average Bonchev–Trinajstić information content (AvgIpc) is 3.10. The van der Waals surface area contributed by atoms with Crippen molar-refractivity contribution in [2.75, 3.05) is 6.61 Å². The molecule has 3 saturated carbocycles. The van der Waals surface area contributed by atoms with Gasteiger partial charge in [0.2, 0.25) is 0 Å². The second-order valence-electron chi connectivity index (χ2n) is 12.9. The maximum absolute atomic E-state index is 13.5. The molecule has 5 heteroatoms. The highest BCUT2D eigenvalue weighted by Gasteiger charge is 2.66. The Morgan fingerprint density at radius 2 is 1.76 bits per heavy atom. The van der Waals surface area contributed by atoms with Gasteiger partial charge in [-0.05, 0) is 88.2 Å². The third kappa shape index (κ3) is 5.45. The lowest BCUT2D eigenvalue weighted by molar-refractivity contribution is -0.198. The number of esters is 1. The number of allylic oxidation sites excluding steroid dienone is 6. The molecule has 3 fully saturated rings. The average molecular weight is 513 g/mol. The van der Waals surface area contributed by atoms with Crippen LogP contribution in [0.4, 0.5) is 0 Å². The molecule has 3 rings (SSSR count). The molecule has 7 atom stereocenters. The molecule has 5 nitrogen and oxygen atoms in total. The van der Waals surface area contributed by atoms with Crippen molar-refractivity contribution in [3.05, 3.63) is 46.6 Å². The van der Waals surface area contributed by atoms with Crippen LogP contribution in [0, 0.1) is 28.1 Å². The zero-order chi connectivity index (χ0) is 27.8. The van der Waals surface area contributed by atoms with E-state index in [-0.39, 0.29) is 47.1 Å². The minimum atomic E-state index is -0.515. The highest BCUT2D eigenvalue weighted by molar-refractivity contribution is 6.00. The number of carbonyl (C=O) groups excluding carboxylic acids is 2. The van der Waals surface area contributed by atoms with E-state index in [1.165, 1.54) is 12.5 Å². The first-order valence-corrected chi connectivity index (χ1v) is 13.9. The zero-order valence-corrected chi connectivity index (χ0v) is 24.2. The Morgan fingerprint density at radius 1 is 1.08 bits per heavy atom. The number of rotatable bonds is 7. The second kappa shape index (κ2) is 11.0. The number of hydrogen-bond acceptors (Lipinski definition) is 5. The summed E-state index contributed by atoms with van der Waals surface area (Å²) in [4.78, 5) is 25.3. The van der Waals surface area contributed by atoms with Gasteiger partial charge in [0.1, 0.15) is 6.10 Å². The van der Waals surface area contributed by atoms with Crippen molar-refractivity contribution in [1.82, 2.24) is 0 Å². The van der Waals surface area contributed by atoms with Crippen molar-refractivity contribution >= 4 is 11.8 Å². The van der Waals surface area contributed by atoms with E-state index in [0.717, 1.165) is 36.0 Å². The molecule has 2 N–H and O–H groups in total. The van der Waals surface area contributed by atoms with E-state index >= 15 is 0 Å². The predicted octanol–water partition coefficient (Wildman–Crippen LogP) is 6.26. The fourth-order valence-corrected chi connectivity index (χ4v) is 8.06. The summed E-state index contributed by atoms with van der Waals surface area (Å²) in [7, 11) is 0. The second-order valence-corrected chi connectivity index (χ2v) is 12.9. The van der Waals surface area contributed by atoms with Gasteiger partial charge in [-0.2, -0.15) is 0 Å². The van der Waals surface area contributed by atoms with Crippen LogP contribution in [0.5, 0.6) is 0 Å². The van der Waals surface area contributed by atoms with Crippen LogP contribution in [0.1, 0.15) is 93.9 Å². The number of aliphatic hydroxyl groups is 2. The van der Waals surface area contributed by atoms with E-state index in [1.807, 2.05) is 52.0 Å². The Hall–Kier alpha value is -1.98. The molecule has 0 radical (unpaired) electrons. The number of hydrogen-bond donors (Lipinski definition) is 2. The van der Waals surface area contributed by atoms with Gasteiger partial charge in [0, 0.05) is 29.7 Å². The first-order valence-electron chi connectivity index (χ1n) is 13.9. The number of carbonyl (C=O) groups is 2. The van der Waals surface area contributed by atoms with Gasteiger partial charge in [0.15, 0.2) is 5.78 Å². The van der Waals surface area contributed by atoms with Crippen molar-refractivity contribution in [3.8, 4) is 0 Å². The Labute approximate surface area is 223 Å². The monoisotopic (exact) mass is 512 g/mol. The molecule has 0 aromatic carbocycles. The van der Waals surface area contributed by atoms with Crippen molar-refractivity contribution in [2.24, 2.45) is 28.1 Å². The smallest absolute Gasteiger partial charge is 0.302 e. The van der Waals surface area contributed by atoms with Gasteiger partial charge < -0.3 is 14.9 Å². The van der Waals surface area contributed by atoms with Crippen molar-refractivity contribution < 1.29 is 24.5 Å². The molecule has 0 bridgehead atoms. The van der Waals surface area contributed by atoms with E-state index in [2.05, 4.69) is 20.8 Å². The minimum absolute atomic E-state index is 0.0296. The third-order valence-corrected chi connectivity index (χ3v) is 10.1.